The van der Waals surface area contributed by atoms with Gasteiger partial charge in [-0.3, -0.25) is 14.6 Å². The molecule has 0 aliphatic carbocycles. The van der Waals surface area contributed by atoms with Gasteiger partial charge in [-0.15, -0.1) is 0 Å². The smallest absolute Gasteiger partial charge is 0.295 e. The van der Waals surface area contributed by atoms with E-state index in [0.717, 1.165) is 11.3 Å². The first-order chi connectivity index (χ1) is 15.4. The number of carbonyl (C=O) groups excluding carboxylic acids is 1. The SMILES string of the molecule is [2H]C([2H])(ONC(=O)c1cncc(-c2ccc(OCC)cc2)n1)c1cc(OC)cc(OC)c1. The number of hydrogen-bond acceptors (Lipinski definition) is 7. The largest absolute Gasteiger partial charge is 0.497 e. The number of hydroxylamine groups is 1. The summed E-state index contributed by atoms with van der Waals surface area (Å²) in [6.07, 6.45) is 2.79. The highest BCUT2D eigenvalue weighted by Gasteiger charge is 2.11. The van der Waals surface area contributed by atoms with Crippen molar-refractivity contribution < 1.29 is 26.6 Å². The Kier molecular flexibility index (Phi) is 6.26. The lowest BCUT2D eigenvalue weighted by Gasteiger charge is -2.10. The van der Waals surface area contributed by atoms with E-state index in [9.17, 15) is 4.79 Å². The maximum atomic E-state index is 12.5. The predicted octanol–water partition coefficient (Wildman–Crippen LogP) is 3.42. The van der Waals surface area contributed by atoms with Crippen molar-refractivity contribution in [1.82, 2.24) is 15.4 Å². The molecule has 0 radical (unpaired) electrons. The zero-order valence-electron chi connectivity index (χ0n) is 18.8. The van der Waals surface area contributed by atoms with Crippen molar-refractivity contribution in [3.8, 4) is 28.5 Å². The Morgan fingerprint density at radius 2 is 1.73 bits per heavy atom. The van der Waals surface area contributed by atoms with Crippen LogP contribution in [0.5, 0.6) is 17.2 Å². The van der Waals surface area contributed by atoms with E-state index in [4.69, 9.17) is 21.8 Å². The lowest BCUT2D eigenvalue weighted by molar-refractivity contribution is 0.0228. The van der Waals surface area contributed by atoms with Gasteiger partial charge in [-0.1, -0.05) is 0 Å². The molecule has 8 nitrogen and oxygen atoms in total. The third-order valence-corrected chi connectivity index (χ3v) is 3.99. The molecule has 0 atom stereocenters. The molecule has 1 heterocycles. The standard InChI is InChI=1S/C22H23N3O5/c1-4-29-17-7-5-16(6-8-17)20-12-23-13-21(24-20)22(26)25-30-14-15-9-18(27-2)11-19(10-15)28-3/h5-13H,4,14H2,1-3H3,(H,25,26)/i14D2. The number of rotatable bonds is 9. The zero-order chi connectivity index (χ0) is 23.1. The topological polar surface area (TPSA) is 91.8 Å². The molecule has 1 amide bonds. The van der Waals surface area contributed by atoms with E-state index in [1.54, 1.807) is 18.2 Å². The van der Waals surface area contributed by atoms with Gasteiger partial charge in [0.1, 0.15) is 29.5 Å². The van der Waals surface area contributed by atoms with Crippen molar-refractivity contribution in [2.75, 3.05) is 20.8 Å². The summed E-state index contributed by atoms with van der Waals surface area (Å²) in [5, 5.41) is 0. The quantitative estimate of drug-likeness (QED) is 0.540. The summed E-state index contributed by atoms with van der Waals surface area (Å²) in [5.41, 5.74) is 3.39. The summed E-state index contributed by atoms with van der Waals surface area (Å²) < 4.78 is 32.1. The Balaban J connectivity index is 1.73. The van der Waals surface area contributed by atoms with Crippen LogP contribution in [-0.2, 0) is 11.4 Å². The van der Waals surface area contributed by atoms with Gasteiger partial charge in [-0.2, -0.15) is 0 Å². The van der Waals surface area contributed by atoms with Crippen LogP contribution >= 0.6 is 0 Å². The molecule has 0 aliphatic heterocycles. The third-order valence-electron chi connectivity index (χ3n) is 3.99. The summed E-state index contributed by atoms with van der Waals surface area (Å²) in [4.78, 5) is 25.9. The summed E-state index contributed by atoms with van der Waals surface area (Å²) in [6.45, 7) is 0.0964. The number of hydrogen-bond donors (Lipinski definition) is 1. The van der Waals surface area contributed by atoms with Crippen LogP contribution in [-0.4, -0.2) is 36.7 Å². The zero-order valence-corrected chi connectivity index (χ0v) is 16.8. The van der Waals surface area contributed by atoms with E-state index < -0.39 is 12.5 Å². The normalized spacial score (nSPS) is 11.8. The summed E-state index contributed by atoms with van der Waals surface area (Å²) in [6, 6.07) is 11.7. The first-order valence-corrected chi connectivity index (χ1v) is 9.13. The maximum absolute atomic E-state index is 12.5. The van der Waals surface area contributed by atoms with E-state index in [0.29, 0.717) is 23.8 Å². The highest BCUT2D eigenvalue weighted by molar-refractivity contribution is 5.91. The molecule has 0 saturated carbocycles. The molecular weight excluding hydrogens is 386 g/mol. The van der Waals surface area contributed by atoms with Gasteiger partial charge in [0, 0.05) is 11.6 Å². The molecule has 0 unspecified atom stereocenters. The second-order valence-electron chi connectivity index (χ2n) is 5.98. The average molecular weight is 411 g/mol. The molecule has 0 fully saturated rings. The number of carbonyl (C=O) groups is 1. The molecule has 3 aromatic rings. The van der Waals surface area contributed by atoms with E-state index in [-0.39, 0.29) is 11.3 Å². The van der Waals surface area contributed by atoms with Crippen molar-refractivity contribution in [2.45, 2.75) is 13.5 Å². The summed E-state index contributed by atoms with van der Waals surface area (Å²) >= 11 is 0. The van der Waals surface area contributed by atoms with Crippen LogP contribution in [0.3, 0.4) is 0 Å². The molecule has 8 heteroatoms. The van der Waals surface area contributed by atoms with Crippen LogP contribution in [0.2, 0.25) is 0 Å². The lowest BCUT2D eigenvalue weighted by Crippen LogP contribution is -2.24. The van der Waals surface area contributed by atoms with Gasteiger partial charge >= 0.3 is 0 Å². The number of methoxy groups -OCH3 is 2. The fraction of sp³-hybridized carbons (Fsp3) is 0.227. The van der Waals surface area contributed by atoms with E-state index >= 15 is 0 Å². The summed E-state index contributed by atoms with van der Waals surface area (Å²) in [7, 11) is 2.90. The number of nitrogens with zero attached hydrogens (tertiary/aromatic N) is 2. The van der Waals surface area contributed by atoms with E-state index in [1.165, 1.54) is 38.7 Å². The molecule has 30 heavy (non-hydrogen) atoms. The van der Waals surface area contributed by atoms with Gasteiger partial charge in [0.2, 0.25) is 0 Å². The Hall–Kier alpha value is -3.65. The van der Waals surface area contributed by atoms with E-state index in [1.807, 2.05) is 19.1 Å². The highest BCUT2D eigenvalue weighted by atomic mass is 16.6. The Morgan fingerprint density at radius 3 is 2.37 bits per heavy atom. The number of ether oxygens (including phenoxy) is 3. The highest BCUT2D eigenvalue weighted by Crippen LogP contribution is 2.23. The minimum atomic E-state index is -2.36. The minimum absolute atomic E-state index is 0.0320. The van der Waals surface area contributed by atoms with E-state index in [2.05, 4.69) is 15.4 Å². The second-order valence-corrected chi connectivity index (χ2v) is 5.98. The predicted molar refractivity (Wildman–Crippen MR) is 110 cm³/mol. The van der Waals surface area contributed by atoms with Crippen molar-refractivity contribution in [3.63, 3.8) is 0 Å². The molecule has 0 bridgehead atoms. The molecule has 3 rings (SSSR count). The second kappa shape index (κ2) is 10.2. The van der Waals surface area contributed by atoms with Crippen molar-refractivity contribution in [3.05, 3.63) is 66.1 Å². The molecule has 0 aliphatic rings. The van der Waals surface area contributed by atoms with Crippen molar-refractivity contribution in [2.24, 2.45) is 0 Å². The van der Waals surface area contributed by atoms with Gasteiger partial charge in [0.05, 0.1) is 41.7 Å². The monoisotopic (exact) mass is 411 g/mol. The number of benzene rings is 2. The van der Waals surface area contributed by atoms with Gasteiger partial charge in [-0.25, -0.2) is 10.5 Å². The van der Waals surface area contributed by atoms with Crippen LogP contribution in [0.15, 0.2) is 54.9 Å². The number of amides is 1. The number of aromatic nitrogens is 2. The first-order valence-electron chi connectivity index (χ1n) is 10.1. The van der Waals surface area contributed by atoms with Crippen LogP contribution < -0.4 is 19.7 Å². The molecular formula is C22H23N3O5. The molecule has 1 N–H and O–H groups in total. The van der Waals surface area contributed by atoms with Crippen LogP contribution in [0.25, 0.3) is 11.3 Å². The minimum Gasteiger partial charge on any atom is -0.497 e. The first kappa shape index (κ1) is 18.4. The van der Waals surface area contributed by atoms with Crippen molar-refractivity contribution in [1.29, 1.82) is 0 Å². The molecule has 156 valence electrons. The summed E-state index contributed by atoms with van der Waals surface area (Å²) in [5.74, 6) is 0.742. The van der Waals surface area contributed by atoms with Gasteiger partial charge in [-0.05, 0) is 48.9 Å². The van der Waals surface area contributed by atoms with Crippen LogP contribution in [0.4, 0.5) is 0 Å². The molecule has 0 spiro atoms. The fourth-order valence-corrected chi connectivity index (χ4v) is 2.55. The molecule has 1 aromatic heterocycles. The van der Waals surface area contributed by atoms with Gasteiger partial charge in [0.15, 0.2) is 0 Å². The molecule has 2 aromatic carbocycles. The lowest BCUT2D eigenvalue weighted by atomic mass is 10.1. The Labute approximate surface area is 177 Å². The molecule has 0 saturated heterocycles. The average Bonchev–Trinajstić information content (AvgIpc) is 2.83. The van der Waals surface area contributed by atoms with Crippen LogP contribution in [0, 0.1) is 0 Å². The third kappa shape index (κ3) is 5.45. The van der Waals surface area contributed by atoms with Crippen LogP contribution in [0.1, 0.15) is 25.7 Å². The van der Waals surface area contributed by atoms with Crippen molar-refractivity contribution >= 4 is 5.91 Å². The fourth-order valence-electron chi connectivity index (χ4n) is 2.55. The number of nitrogens with one attached hydrogen (secondary N) is 1. The van der Waals surface area contributed by atoms with Gasteiger partial charge < -0.3 is 14.2 Å². The Bertz CT molecular complexity index is 1060. The Morgan fingerprint density at radius 1 is 1.03 bits per heavy atom. The van der Waals surface area contributed by atoms with Gasteiger partial charge in [0.25, 0.3) is 5.91 Å². The maximum Gasteiger partial charge on any atom is 0.295 e.